The first-order valence-electron chi connectivity index (χ1n) is 9.14. The molecule has 0 fully saturated rings. The molecule has 8 nitrogen and oxygen atoms in total. The maximum Gasteiger partial charge on any atom is 0.191 e. The van der Waals surface area contributed by atoms with Crippen molar-refractivity contribution in [3.63, 3.8) is 0 Å². The average Bonchev–Trinajstić information content (AvgIpc) is 3.14. The first-order chi connectivity index (χ1) is 14.1. The number of aliphatic hydroxyl groups is 1. The van der Waals surface area contributed by atoms with Gasteiger partial charge in [-0.2, -0.15) is 0 Å². The first kappa shape index (κ1) is 24.4. The molecule has 0 amide bonds. The Morgan fingerprint density at radius 3 is 2.83 bits per heavy atom. The summed E-state index contributed by atoms with van der Waals surface area (Å²) < 4.78 is 7.43. The molecular weight excluding hydrogens is 542 g/mol. The van der Waals surface area contributed by atoms with E-state index < -0.39 is 6.10 Å². The Morgan fingerprint density at radius 1 is 1.20 bits per heavy atom. The van der Waals surface area contributed by atoms with Crippen LogP contribution in [0.25, 0.3) is 5.65 Å². The number of halogens is 3. The minimum absolute atomic E-state index is 0. The van der Waals surface area contributed by atoms with Gasteiger partial charge in [0.15, 0.2) is 17.4 Å². The number of ether oxygens (including phenoxy) is 1. The van der Waals surface area contributed by atoms with E-state index in [0.717, 1.165) is 11.5 Å². The summed E-state index contributed by atoms with van der Waals surface area (Å²) in [6, 6.07) is 10.8. The van der Waals surface area contributed by atoms with Crippen molar-refractivity contribution in [1.82, 2.24) is 25.2 Å². The van der Waals surface area contributed by atoms with Crippen LogP contribution in [0, 0.1) is 0 Å². The van der Waals surface area contributed by atoms with Crippen molar-refractivity contribution in [3.05, 3.63) is 58.5 Å². The molecule has 1 aromatic carbocycles. The average molecular weight is 565 g/mol. The van der Waals surface area contributed by atoms with Crippen molar-refractivity contribution in [2.75, 3.05) is 19.7 Å². The maximum atomic E-state index is 10.2. The lowest BCUT2D eigenvalue weighted by Gasteiger charge is -2.16. The molecule has 0 aliphatic heterocycles. The van der Waals surface area contributed by atoms with E-state index in [2.05, 4.69) is 25.8 Å². The van der Waals surface area contributed by atoms with Gasteiger partial charge in [-0.25, -0.2) is 4.99 Å². The third kappa shape index (κ3) is 6.59. The lowest BCUT2D eigenvalue weighted by atomic mass is 10.3. The fourth-order valence-corrected chi connectivity index (χ4v) is 2.89. The predicted molar refractivity (Wildman–Crippen MR) is 129 cm³/mol. The summed E-state index contributed by atoms with van der Waals surface area (Å²) in [6.07, 6.45) is 1.12. The summed E-state index contributed by atoms with van der Waals surface area (Å²) in [4.78, 5) is 4.50. The van der Waals surface area contributed by atoms with Crippen LogP contribution in [0.15, 0.2) is 47.6 Å². The third-order valence-electron chi connectivity index (χ3n) is 3.96. The summed E-state index contributed by atoms with van der Waals surface area (Å²) >= 11 is 12.0. The number of aliphatic imine (C=N–C) groups is 1. The van der Waals surface area contributed by atoms with Crippen molar-refractivity contribution < 1.29 is 9.84 Å². The van der Waals surface area contributed by atoms with Crippen LogP contribution < -0.4 is 15.4 Å². The Morgan fingerprint density at radius 2 is 2.03 bits per heavy atom. The Bertz CT molecular complexity index is 985. The van der Waals surface area contributed by atoms with Crippen LogP contribution in [-0.4, -0.2) is 51.5 Å². The molecule has 0 spiro atoms. The van der Waals surface area contributed by atoms with Crippen LogP contribution >= 0.6 is 47.2 Å². The highest BCUT2D eigenvalue weighted by atomic mass is 127. The molecule has 11 heteroatoms. The second kappa shape index (κ2) is 12.1. The van der Waals surface area contributed by atoms with E-state index in [1.54, 1.807) is 18.2 Å². The molecule has 2 heterocycles. The number of hydrogen-bond acceptors (Lipinski definition) is 5. The van der Waals surface area contributed by atoms with Crippen LogP contribution in [0.5, 0.6) is 5.75 Å². The maximum absolute atomic E-state index is 10.2. The van der Waals surface area contributed by atoms with Crippen LogP contribution in [-0.2, 0) is 6.54 Å². The van der Waals surface area contributed by atoms with Crippen molar-refractivity contribution in [1.29, 1.82) is 0 Å². The molecule has 1 atom stereocenters. The molecular formula is C19H23Cl2IN6O2. The number of aliphatic hydroxyl groups excluding tert-OH is 1. The normalized spacial score (nSPS) is 12.3. The van der Waals surface area contributed by atoms with Crippen LogP contribution in [0.3, 0.4) is 0 Å². The van der Waals surface area contributed by atoms with E-state index in [1.807, 2.05) is 35.7 Å². The van der Waals surface area contributed by atoms with Gasteiger partial charge in [0.1, 0.15) is 30.0 Å². The molecule has 0 radical (unpaired) electrons. The zero-order valence-corrected chi connectivity index (χ0v) is 20.1. The van der Waals surface area contributed by atoms with Crippen LogP contribution in [0.4, 0.5) is 0 Å². The zero-order chi connectivity index (χ0) is 20.6. The number of pyridine rings is 1. The molecule has 3 rings (SSSR count). The fourth-order valence-electron chi connectivity index (χ4n) is 2.55. The van der Waals surface area contributed by atoms with Gasteiger partial charge in [0.05, 0.1) is 5.02 Å². The Hall–Kier alpha value is -1.82. The van der Waals surface area contributed by atoms with E-state index in [1.165, 1.54) is 0 Å². The highest BCUT2D eigenvalue weighted by Crippen LogP contribution is 2.31. The van der Waals surface area contributed by atoms with Crippen LogP contribution in [0.2, 0.25) is 10.0 Å². The van der Waals surface area contributed by atoms with Gasteiger partial charge in [-0.3, -0.25) is 4.40 Å². The van der Waals surface area contributed by atoms with Gasteiger partial charge in [-0.05, 0) is 31.2 Å². The second-order valence-electron chi connectivity index (χ2n) is 6.14. The lowest BCUT2D eigenvalue weighted by molar-refractivity contribution is 0.110. The summed E-state index contributed by atoms with van der Waals surface area (Å²) in [5, 5.41) is 25.4. The third-order valence-corrected chi connectivity index (χ3v) is 4.76. The molecule has 0 aliphatic rings. The summed E-state index contributed by atoms with van der Waals surface area (Å²) in [5.74, 6) is 1.70. The minimum atomic E-state index is -0.775. The standard InChI is InChI=1S/C19H22Cl2N6O2.HI/c1-2-22-19(24-11-17-26-25-16-8-3-4-9-27(16)17)23-10-13(28)12-29-15-7-5-6-14(20)18(15)21;/h3-9,13,28H,2,10-12H2,1H3,(H2,22,23,24);1H. The molecule has 0 bridgehead atoms. The topological polar surface area (TPSA) is 96.1 Å². The molecule has 2 aromatic heterocycles. The number of hydrogen-bond donors (Lipinski definition) is 3. The highest BCUT2D eigenvalue weighted by molar-refractivity contribution is 14.0. The summed E-state index contributed by atoms with van der Waals surface area (Å²) in [7, 11) is 0. The van der Waals surface area contributed by atoms with E-state index >= 15 is 0 Å². The highest BCUT2D eigenvalue weighted by Gasteiger charge is 2.11. The molecule has 0 saturated heterocycles. The number of aromatic nitrogens is 3. The largest absolute Gasteiger partial charge is 0.489 e. The molecule has 30 heavy (non-hydrogen) atoms. The summed E-state index contributed by atoms with van der Waals surface area (Å²) in [6.45, 7) is 3.28. The number of guanidine groups is 1. The van der Waals surface area contributed by atoms with Gasteiger partial charge in [-0.1, -0.05) is 35.3 Å². The van der Waals surface area contributed by atoms with Gasteiger partial charge in [0.2, 0.25) is 0 Å². The van der Waals surface area contributed by atoms with Crippen LogP contribution in [0.1, 0.15) is 12.7 Å². The molecule has 0 saturated carbocycles. The molecule has 162 valence electrons. The van der Waals surface area contributed by atoms with Crippen molar-refractivity contribution in [2.45, 2.75) is 19.6 Å². The van der Waals surface area contributed by atoms with Crippen molar-refractivity contribution >= 4 is 58.8 Å². The number of benzene rings is 1. The smallest absolute Gasteiger partial charge is 0.191 e. The number of rotatable bonds is 8. The van der Waals surface area contributed by atoms with Crippen molar-refractivity contribution in [3.8, 4) is 5.75 Å². The zero-order valence-electron chi connectivity index (χ0n) is 16.3. The second-order valence-corrected chi connectivity index (χ2v) is 6.92. The van der Waals surface area contributed by atoms with Crippen molar-refractivity contribution in [2.24, 2.45) is 4.99 Å². The Kier molecular flexibility index (Phi) is 9.89. The number of fused-ring (bicyclic) bond motifs is 1. The number of nitrogens with one attached hydrogen (secondary N) is 2. The van der Waals surface area contributed by atoms with Gasteiger partial charge in [-0.15, -0.1) is 34.2 Å². The Labute approximate surface area is 201 Å². The molecule has 3 aromatic rings. The van der Waals surface area contributed by atoms with Gasteiger partial charge in [0.25, 0.3) is 0 Å². The molecule has 1 unspecified atom stereocenters. The Balaban J connectivity index is 0.00000320. The first-order valence-corrected chi connectivity index (χ1v) is 9.89. The van der Waals surface area contributed by atoms with Gasteiger partial charge >= 0.3 is 0 Å². The van der Waals surface area contributed by atoms with E-state index in [4.69, 9.17) is 27.9 Å². The van der Waals surface area contributed by atoms with E-state index in [-0.39, 0.29) is 37.1 Å². The monoisotopic (exact) mass is 564 g/mol. The minimum Gasteiger partial charge on any atom is -0.489 e. The van der Waals surface area contributed by atoms with Gasteiger partial charge < -0.3 is 20.5 Å². The van der Waals surface area contributed by atoms with E-state index in [0.29, 0.717) is 34.8 Å². The number of nitrogens with zero attached hydrogens (tertiary/aromatic N) is 4. The SMILES string of the molecule is CCNC(=NCc1nnc2ccccn12)NCC(O)COc1cccc(Cl)c1Cl.I. The van der Waals surface area contributed by atoms with E-state index in [9.17, 15) is 5.11 Å². The summed E-state index contributed by atoms with van der Waals surface area (Å²) in [5.41, 5.74) is 0.767. The predicted octanol–water partition coefficient (Wildman–Crippen LogP) is 3.15. The van der Waals surface area contributed by atoms with Gasteiger partial charge in [0, 0.05) is 19.3 Å². The molecule has 0 aliphatic carbocycles. The fraction of sp³-hybridized carbons (Fsp3) is 0.316. The molecule has 3 N–H and O–H groups in total. The lowest BCUT2D eigenvalue weighted by Crippen LogP contribution is -2.42. The quantitative estimate of drug-likeness (QED) is 0.221.